The van der Waals surface area contributed by atoms with Crippen LogP contribution in [0, 0.1) is 0 Å². The first-order valence-electron chi connectivity index (χ1n) is 5.93. The predicted molar refractivity (Wildman–Crippen MR) is 63.4 cm³/mol. The van der Waals surface area contributed by atoms with Gasteiger partial charge in [0.1, 0.15) is 6.10 Å². The summed E-state index contributed by atoms with van der Waals surface area (Å²) in [5.41, 5.74) is 0. The first-order chi connectivity index (χ1) is 9.09. The van der Waals surface area contributed by atoms with Gasteiger partial charge in [0.05, 0.1) is 12.1 Å². The third kappa shape index (κ3) is 3.22. The molecule has 0 aromatic rings. The molecule has 116 valence electrons. The van der Waals surface area contributed by atoms with Gasteiger partial charge in [-0.25, -0.2) is 9.18 Å². The lowest BCUT2D eigenvalue weighted by Crippen LogP contribution is -2.69. The van der Waals surface area contributed by atoms with Crippen molar-refractivity contribution in [3.05, 3.63) is 0 Å². The van der Waals surface area contributed by atoms with Crippen molar-refractivity contribution in [3.63, 3.8) is 0 Å². The minimum absolute atomic E-state index is 0.00627. The first kappa shape index (κ1) is 16.7. The normalized spacial score (nSPS) is 37.8. The van der Waals surface area contributed by atoms with Gasteiger partial charge in [0, 0.05) is 13.5 Å². The highest BCUT2D eigenvalue weighted by atomic mass is 19.2. The van der Waals surface area contributed by atoms with Crippen molar-refractivity contribution in [2.24, 2.45) is 0 Å². The molecule has 9 heteroatoms. The molecule has 3 N–H and O–H groups in total. The molecule has 0 saturated carbocycles. The van der Waals surface area contributed by atoms with Crippen LogP contribution in [-0.2, 0) is 14.3 Å². The fourth-order valence-electron chi connectivity index (χ4n) is 2.07. The summed E-state index contributed by atoms with van der Waals surface area (Å²) in [6, 6.07) is -1.24. The molecule has 0 aliphatic carbocycles. The number of aliphatic hydroxyl groups is 1. The molecule has 5 atom stereocenters. The highest BCUT2D eigenvalue weighted by Gasteiger charge is 2.61. The average Bonchev–Trinajstić information content (AvgIpc) is 2.30. The van der Waals surface area contributed by atoms with Crippen LogP contribution in [0.4, 0.5) is 8.78 Å². The van der Waals surface area contributed by atoms with Gasteiger partial charge in [0.25, 0.3) is 0 Å². The number of aliphatic hydroxyl groups excluding tert-OH is 1. The zero-order valence-electron chi connectivity index (χ0n) is 11.3. The Bertz CT molecular complexity index is 395. The molecule has 0 aromatic heterocycles. The summed E-state index contributed by atoms with van der Waals surface area (Å²) in [4.78, 5) is 23.4. The first-order valence-corrected chi connectivity index (χ1v) is 5.93. The van der Waals surface area contributed by atoms with Crippen molar-refractivity contribution in [2.75, 3.05) is 20.6 Å². The van der Waals surface area contributed by atoms with E-state index in [1.54, 1.807) is 14.1 Å². The maximum atomic E-state index is 14.1. The molecule has 7 nitrogen and oxygen atoms in total. The van der Waals surface area contributed by atoms with E-state index in [0.29, 0.717) is 0 Å². The molecule has 1 amide bonds. The summed E-state index contributed by atoms with van der Waals surface area (Å²) < 4.78 is 32.5. The molecule has 1 aliphatic rings. The van der Waals surface area contributed by atoms with Crippen molar-refractivity contribution in [1.29, 1.82) is 0 Å². The highest BCUT2D eigenvalue weighted by molar-refractivity contribution is 5.77. The van der Waals surface area contributed by atoms with Gasteiger partial charge in [0.2, 0.25) is 5.91 Å². The summed E-state index contributed by atoms with van der Waals surface area (Å²) in [5.74, 6) is -6.38. The van der Waals surface area contributed by atoms with Crippen LogP contribution >= 0.6 is 0 Å². The highest BCUT2D eigenvalue weighted by Crippen LogP contribution is 2.34. The van der Waals surface area contributed by atoms with Crippen molar-refractivity contribution < 1.29 is 33.3 Å². The summed E-state index contributed by atoms with van der Waals surface area (Å²) in [7, 11) is 3.20. The van der Waals surface area contributed by atoms with Gasteiger partial charge >= 0.3 is 11.8 Å². The number of hydrogen-bond acceptors (Lipinski definition) is 5. The number of nitrogens with one attached hydrogen (secondary N) is 1. The van der Waals surface area contributed by atoms with Gasteiger partial charge in [0.15, 0.2) is 6.17 Å². The molecule has 1 heterocycles. The van der Waals surface area contributed by atoms with E-state index in [1.807, 2.05) is 0 Å². The standard InChI is InChI=1S/C11H18F2N2O5/c1-5(16)14-7-6(4-15(2)3)20-11(13,10(18)19)9(12)8(7)17/h6-9,17H,4H2,1-3H3,(H,14,16)(H,18,19)/t6?,7-,8+,9?,11+/m1/s1. The number of alkyl halides is 2. The fourth-order valence-corrected chi connectivity index (χ4v) is 2.07. The number of amides is 1. The smallest absolute Gasteiger partial charge is 0.372 e. The molecular formula is C11H18F2N2O5. The molecule has 0 radical (unpaired) electrons. The summed E-state index contributed by atoms with van der Waals surface area (Å²) in [6.07, 6.45) is -6.05. The van der Waals surface area contributed by atoms with Gasteiger partial charge in [-0.2, -0.15) is 4.39 Å². The minimum Gasteiger partial charge on any atom is -0.477 e. The molecule has 0 spiro atoms. The van der Waals surface area contributed by atoms with Crippen molar-refractivity contribution in [2.45, 2.75) is 37.2 Å². The Morgan fingerprint density at radius 2 is 2.00 bits per heavy atom. The molecule has 0 bridgehead atoms. The van der Waals surface area contributed by atoms with Crippen LogP contribution < -0.4 is 5.32 Å². The number of nitrogens with zero attached hydrogens (tertiary/aromatic N) is 1. The fraction of sp³-hybridized carbons (Fsp3) is 0.818. The van der Waals surface area contributed by atoms with Crippen LogP contribution in [0.15, 0.2) is 0 Å². The molecule has 2 unspecified atom stereocenters. The lowest BCUT2D eigenvalue weighted by Gasteiger charge is -2.43. The Morgan fingerprint density at radius 1 is 1.45 bits per heavy atom. The number of hydrogen-bond donors (Lipinski definition) is 3. The lowest BCUT2D eigenvalue weighted by molar-refractivity contribution is -0.275. The number of likely N-dealkylation sites (N-methyl/N-ethyl adjacent to an activating group) is 1. The van der Waals surface area contributed by atoms with Crippen LogP contribution in [0.25, 0.3) is 0 Å². The van der Waals surface area contributed by atoms with E-state index in [2.05, 4.69) is 10.1 Å². The quantitative estimate of drug-likeness (QED) is 0.609. The number of carboxylic acid groups (broad SMARTS) is 1. The van der Waals surface area contributed by atoms with Crippen LogP contribution in [0.1, 0.15) is 6.92 Å². The summed E-state index contributed by atoms with van der Waals surface area (Å²) in [5, 5.41) is 20.8. The molecule has 1 fully saturated rings. The Balaban J connectivity index is 3.07. The molecule has 1 saturated heterocycles. The second-order valence-electron chi connectivity index (χ2n) is 4.99. The number of carbonyl (C=O) groups excluding carboxylic acids is 1. The number of rotatable bonds is 4. The van der Waals surface area contributed by atoms with E-state index in [4.69, 9.17) is 5.11 Å². The zero-order chi connectivity index (χ0) is 15.7. The van der Waals surface area contributed by atoms with Crippen molar-refractivity contribution in [3.8, 4) is 0 Å². The average molecular weight is 296 g/mol. The molecule has 1 aliphatic heterocycles. The van der Waals surface area contributed by atoms with Gasteiger partial charge in [-0.3, -0.25) is 4.79 Å². The van der Waals surface area contributed by atoms with Gasteiger partial charge in [-0.15, -0.1) is 0 Å². The number of ether oxygens (including phenoxy) is 1. The summed E-state index contributed by atoms with van der Waals surface area (Å²) >= 11 is 0. The molecule has 0 aromatic carbocycles. The van der Waals surface area contributed by atoms with Crippen LogP contribution in [0.2, 0.25) is 0 Å². The maximum Gasteiger partial charge on any atom is 0.372 e. The van der Waals surface area contributed by atoms with Crippen LogP contribution in [0.3, 0.4) is 0 Å². The Hall–Kier alpha value is -1.32. The second kappa shape index (κ2) is 5.98. The Labute approximate surface area is 114 Å². The predicted octanol–water partition coefficient (Wildman–Crippen LogP) is -1.10. The SMILES string of the molecule is CC(=O)N[C@@H]1C(CN(C)C)O[C@](F)(C(=O)O)C(F)[C@H]1O. The third-order valence-electron chi connectivity index (χ3n) is 2.95. The van der Waals surface area contributed by atoms with Crippen molar-refractivity contribution >= 4 is 11.9 Å². The van der Waals surface area contributed by atoms with Gasteiger partial charge in [-0.1, -0.05) is 0 Å². The molecular weight excluding hydrogens is 278 g/mol. The number of halogens is 2. The number of aliphatic carboxylic acids is 1. The van der Waals surface area contributed by atoms with E-state index in [1.165, 1.54) is 4.90 Å². The second-order valence-corrected chi connectivity index (χ2v) is 4.99. The maximum absolute atomic E-state index is 14.1. The van der Waals surface area contributed by atoms with Crippen LogP contribution in [-0.4, -0.2) is 77.9 Å². The number of carboxylic acids is 1. The largest absolute Gasteiger partial charge is 0.477 e. The monoisotopic (exact) mass is 296 g/mol. The minimum atomic E-state index is -3.64. The third-order valence-corrected chi connectivity index (χ3v) is 2.95. The van der Waals surface area contributed by atoms with E-state index in [-0.39, 0.29) is 6.54 Å². The topological polar surface area (TPSA) is 99.1 Å². The van der Waals surface area contributed by atoms with Gasteiger partial charge < -0.3 is 25.2 Å². The van der Waals surface area contributed by atoms with Crippen LogP contribution in [0.5, 0.6) is 0 Å². The van der Waals surface area contributed by atoms with E-state index in [0.717, 1.165) is 6.92 Å². The Kier molecular flexibility index (Phi) is 5.00. The molecule has 1 rings (SSSR count). The lowest BCUT2D eigenvalue weighted by atomic mass is 9.91. The van der Waals surface area contributed by atoms with Crippen molar-refractivity contribution in [1.82, 2.24) is 10.2 Å². The van der Waals surface area contributed by atoms with Gasteiger partial charge in [-0.05, 0) is 14.1 Å². The Morgan fingerprint density at radius 3 is 2.40 bits per heavy atom. The summed E-state index contributed by atoms with van der Waals surface area (Å²) in [6.45, 7) is 1.13. The number of carbonyl (C=O) groups is 2. The van der Waals surface area contributed by atoms with E-state index >= 15 is 0 Å². The zero-order valence-corrected chi connectivity index (χ0v) is 11.3. The molecule has 20 heavy (non-hydrogen) atoms. The van der Waals surface area contributed by atoms with E-state index < -0.39 is 42.2 Å². The van der Waals surface area contributed by atoms with E-state index in [9.17, 15) is 23.5 Å².